The molecule has 0 amide bonds. The van der Waals surface area contributed by atoms with Crippen LogP contribution in [0.1, 0.15) is 17.5 Å². The average Bonchev–Trinajstić information content (AvgIpc) is 3.14. The van der Waals surface area contributed by atoms with Gasteiger partial charge in [0.25, 0.3) is 0 Å². The molecule has 0 radical (unpaired) electrons. The highest BCUT2D eigenvalue weighted by molar-refractivity contribution is 5.92. The summed E-state index contributed by atoms with van der Waals surface area (Å²) in [5.41, 5.74) is 4.37. The lowest BCUT2D eigenvalue weighted by molar-refractivity contribution is 0.816. The van der Waals surface area contributed by atoms with Gasteiger partial charge in [-0.15, -0.1) is 5.10 Å². The van der Waals surface area contributed by atoms with Gasteiger partial charge in [0, 0.05) is 6.42 Å². The molecule has 3 aromatic carbocycles. The van der Waals surface area contributed by atoms with Crippen LogP contribution in [0.5, 0.6) is 0 Å². The summed E-state index contributed by atoms with van der Waals surface area (Å²) in [6, 6.07) is 28.8. The summed E-state index contributed by atoms with van der Waals surface area (Å²) in [6.45, 7) is 0.638. The largest absolute Gasteiger partial charge is 0.266 e. The van der Waals surface area contributed by atoms with Gasteiger partial charge in [-0.25, -0.2) is 0 Å². The van der Waals surface area contributed by atoms with Gasteiger partial charge in [0.2, 0.25) is 0 Å². The second kappa shape index (κ2) is 7.74. The van der Waals surface area contributed by atoms with Gasteiger partial charge in [0.1, 0.15) is 11.4 Å². The molecule has 0 unspecified atom stereocenters. The predicted octanol–water partition coefficient (Wildman–Crippen LogP) is 4.51. The van der Waals surface area contributed by atoms with E-state index in [4.69, 9.17) is 4.99 Å². The molecule has 128 valence electrons. The minimum atomic E-state index is 0.638. The zero-order valence-corrected chi connectivity index (χ0v) is 14.5. The molecule has 1 heterocycles. The maximum absolute atomic E-state index is 4.88. The van der Waals surface area contributed by atoms with E-state index in [0.717, 1.165) is 29.7 Å². The van der Waals surface area contributed by atoms with E-state index >= 15 is 0 Å². The van der Waals surface area contributed by atoms with Crippen molar-refractivity contribution in [3.05, 3.63) is 96.1 Å². The van der Waals surface area contributed by atoms with Crippen molar-refractivity contribution in [2.24, 2.45) is 4.99 Å². The van der Waals surface area contributed by atoms with Gasteiger partial charge >= 0.3 is 0 Å². The van der Waals surface area contributed by atoms with Gasteiger partial charge in [-0.3, -0.25) is 4.99 Å². The fourth-order valence-corrected chi connectivity index (χ4v) is 2.98. The average molecular weight is 340 g/mol. The molecule has 0 fully saturated rings. The van der Waals surface area contributed by atoms with Crippen LogP contribution in [-0.2, 0) is 13.0 Å². The van der Waals surface area contributed by atoms with Gasteiger partial charge < -0.3 is 0 Å². The summed E-state index contributed by atoms with van der Waals surface area (Å²) >= 11 is 0. The Morgan fingerprint density at radius 1 is 0.769 bits per heavy atom. The predicted molar refractivity (Wildman–Crippen MR) is 105 cm³/mol. The summed E-state index contributed by atoms with van der Waals surface area (Å²) < 4.78 is 1.88. The third-order valence-corrected chi connectivity index (χ3v) is 4.36. The molecule has 4 nitrogen and oxygen atoms in total. The Labute approximate surface area is 152 Å². The van der Waals surface area contributed by atoms with Gasteiger partial charge in [0.05, 0.1) is 12.1 Å². The molecule has 0 aliphatic heterocycles. The molecule has 4 aromatic rings. The Morgan fingerprint density at radius 3 is 2.19 bits per heavy atom. The lowest BCUT2D eigenvalue weighted by atomic mass is 10.1. The number of aliphatic imine (C=N–C) groups is 1. The molecule has 0 spiro atoms. The highest BCUT2D eigenvalue weighted by atomic mass is 15.4. The number of rotatable bonds is 5. The van der Waals surface area contributed by atoms with E-state index in [0.29, 0.717) is 6.54 Å². The van der Waals surface area contributed by atoms with Gasteiger partial charge in [-0.05, 0) is 29.7 Å². The normalized spacial score (nSPS) is 11.8. The zero-order valence-electron chi connectivity index (χ0n) is 14.5. The summed E-state index contributed by atoms with van der Waals surface area (Å²) in [5, 5.41) is 8.64. The van der Waals surface area contributed by atoms with E-state index in [1.54, 1.807) is 0 Å². The highest BCUT2D eigenvalue weighted by Crippen LogP contribution is 2.13. The lowest BCUT2D eigenvalue weighted by Crippen LogP contribution is -2.15. The van der Waals surface area contributed by atoms with Crippen LogP contribution >= 0.6 is 0 Å². The second-order valence-electron chi connectivity index (χ2n) is 6.19. The molecule has 0 bridgehead atoms. The minimum Gasteiger partial charge on any atom is -0.266 e. The Morgan fingerprint density at radius 2 is 1.42 bits per heavy atom. The molecule has 0 aliphatic carbocycles. The van der Waals surface area contributed by atoms with E-state index in [1.165, 1.54) is 11.1 Å². The fraction of sp³-hybridized carbons (Fsp3) is 0.136. The summed E-state index contributed by atoms with van der Waals surface area (Å²) in [7, 11) is 0. The number of nitrogens with zero attached hydrogens (tertiary/aromatic N) is 4. The maximum atomic E-state index is 4.88. The van der Waals surface area contributed by atoms with Crippen molar-refractivity contribution >= 4 is 16.9 Å². The first-order valence-corrected chi connectivity index (χ1v) is 8.82. The third-order valence-electron chi connectivity index (χ3n) is 4.36. The fourth-order valence-electron chi connectivity index (χ4n) is 2.98. The number of para-hydroxylation sites is 1. The molecule has 0 saturated carbocycles. The van der Waals surface area contributed by atoms with Crippen molar-refractivity contribution in [1.82, 2.24) is 15.0 Å². The van der Waals surface area contributed by atoms with Crippen LogP contribution in [-0.4, -0.2) is 20.8 Å². The number of fused-ring (bicyclic) bond motifs is 1. The minimum absolute atomic E-state index is 0.638. The number of hydrogen-bond donors (Lipinski definition) is 0. The van der Waals surface area contributed by atoms with Gasteiger partial charge in [-0.1, -0.05) is 78.0 Å². The van der Waals surface area contributed by atoms with Crippen molar-refractivity contribution < 1.29 is 0 Å². The van der Waals surface area contributed by atoms with E-state index in [1.807, 2.05) is 53.2 Å². The van der Waals surface area contributed by atoms with Crippen LogP contribution in [0, 0.1) is 0 Å². The van der Waals surface area contributed by atoms with Crippen molar-refractivity contribution in [2.75, 3.05) is 0 Å². The SMILES string of the molecule is c1ccc(CCC(=NCc2ccccc2)n2nnc3ccccc32)cc1. The van der Waals surface area contributed by atoms with E-state index in [2.05, 4.69) is 46.7 Å². The second-order valence-corrected chi connectivity index (χ2v) is 6.19. The number of hydrogen-bond acceptors (Lipinski definition) is 3. The Balaban J connectivity index is 1.64. The molecule has 0 aliphatic rings. The van der Waals surface area contributed by atoms with E-state index < -0.39 is 0 Å². The maximum Gasteiger partial charge on any atom is 0.127 e. The van der Waals surface area contributed by atoms with Gasteiger partial charge in [0.15, 0.2) is 0 Å². The van der Waals surface area contributed by atoms with Crippen molar-refractivity contribution in [3.8, 4) is 0 Å². The molecule has 26 heavy (non-hydrogen) atoms. The van der Waals surface area contributed by atoms with Crippen molar-refractivity contribution in [1.29, 1.82) is 0 Å². The lowest BCUT2D eigenvalue weighted by Gasteiger charge is -2.08. The molecule has 0 atom stereocenters. The quantitative estimate of drug-likeness (QED) is 0.396. The summed E-state index contributed by atoms with van der Waals surface area (Å²) in [4.78, 5) is 4.88. The van der Waals surface area contributed by atoms with E-state index in [-0.39, 0.29) is 0 Å². The van der Waals surface area contributed by atoms with Crippen LogP contribution < -0.4 is 0 Å². The number of benzene rings is 3. The molecular formula is C22H20N4. The monoisotopic (exact) mass is 340 g/mol. The summed E-state index contributed by atoms with van der Waals surface area (Å²) in [6.07, 6.45) is 1.73. The Hall–Kier alpha value is -3.27. The molecule has 4 rings (SSSR count). The van der Waals surface area contributed by atoms with Crippen molar-refractivity contribution in [3.63, 3.8) is 0 Å². The first-order chi connectivity index (χ1) is 12.9. The molecule has 0 N–H and O–H groups in total. The third kappa shape index (κ3) is 3.70. The smallest absolute Gasteiger partial charge is 0.127 e. The van der Waals surface area contributed by atoms with Crippen LogP contribution in [0.25, 0.3) is 11.0 Å². The first kappa shape index (κ1) is 16.2. The molecule has 0 saturated heterocycles. The Kier molecular flexibility index (Phi) is 4.83. The highest BCUT2D eigenvalue weighted by Gasteiger charge is 2.10. The molecule has 4 heteroatoms. The number of aromatic nitrogens is 3. The van der Waals surface area contributed by atoms with Gasteiger partial charge in [-0.2, -0.15) is 4.68 Å². The van der Waals surface area contributed by atoms with Crippen LogP contribution in [0.4, 0.5) is 0 Å². The number of aryl methyl sites for hydroxylation is 1. The van der Waals surface area contributed by atoms with Crippen molar-refractivity contribution in [2.45, 2.75) is 19.4 Å². The zero-order chi connectivity index (χ0) is 17.6. The standard InChI is InChI=1S/C22H20N4/c1-3-9-18(10-4-1)15-16-22(23-17-19-11-5-2-6-12-19)26-21-14-8-7-13-20(21)24-25-26/h1-14H,15-17H2. The molecule has 1 aromatic heterocycles. The topological polar surface area (TPSA) is 43.1 Å². The van der Waals surface area contributed by atoms with Crippen LogP contribution in [0.2, 0.25) is 0 Å². The molecular weight excluding hydrogens is 320 g/mol. The van der Waals surface area contributed by atoms with Crippen LogP contribution in [0.15, 0.2) is 89.9 Å². The first-order valence-electron chi connectivity index (χ1n) is 8.82. The van der Waals surface area contributed by atoms with E-state index in [9.17, 15) is 0 Å². The summed E-state index contributed by atoms with van der Waals surface area (Å²) in [5.74, 6) is 0.936. The Bertz CT molecular complexity index is 1000. The van der Waals surface area contributed by atoms with Crippen LogP contribution in [0.3, 0.4) is 0 Å².